The Bertz CT molecular complexity index is 680. The van der Waals surface area contributed by atoms with E-state index in [1.54, 1.807) is 13.8 Å². The lowest BCUT2D eigenvalue weighted by molar-refractivity contribution is -0.123. The molecule has 0 atom stereocenters. The van der Waals surface area contributed by atoms with E-state index in [1.165, 1.54) is 54.4 Å². The fourth-order valence-electron chi connectivity index (χ4n) is 3.17. The summed E-state index contributed by atoms with van der Waals surface area (Å²) < 4.78 is 0. The molecule has 0 saturated heterocycles. The first-order valence-electron chi connectivity index (χ1n) is 11.9. The van der Waals surface area contributed by atoms with Crippen LogP contribution in [0.15, 0.2) is 33.4 Å². The first-order valence-corrected chi connectivity index (χ1v) is 11.9. The third-order valence-corrected chi connectivity index (χ3v) is 6.74. The third-order valence-electron chi connectivity index (χ3n) is 6.74. The number of carbonyl (C=O) groups is 3. The van der Waals surface area contributed by atoms with Gasteiger partial charge in [-0.1, -0.05) is 16.7 Å². The van der Waals surface area contributed by atoms with E-state index in [0.717, 1.165) is 56.1 Å². The lowest BCUT2D eigenvalue weighted by Gasteiger charge is -2.18. The molecule has 174 valence electrons. The number of Topliss-reactive ketones (excluding diaryl/α,β-unsaturated/α-hetero) is 3. The highest BCUT2D eigenvalue weighted by molar-refractivity contribution is 5.94. The van der Waals surface area contributed by atoms with Crippen molar-refractivity contribution in [3.8, 4) is 0 Å². The summed E-state index contributed by atoms with van der Waals surface area (Å²) in [6, 6.07) is 0. The largest absolute Gasteiger partial charge is 0.392 e. The second-order valence-electron chi connectivity index (χ2n) is 9.06. The lowest BCUT2D eigenvalue weighted by atomic mass is 9.87. The van der Waals surface area contributed by atoms with Crippen molar-refractivity contribution >= 4 is 17.3 Å². The standard InChI is InChI=1S/2C8H12O.C7H12O.C4H6O/c2*1-6(7(2)9)8-4-3-5-8;1-6(5-8)7-3-2-4-7;5-4-2-1-3-4/h2*3-5H2,1-2H3;8H,2-5H2,1H3;1-3H2. The van der Waals surface area contributed by atoms with E-state index in [2.05, 4.69) is 0 Å². The number of rotatable bonds is 3. The fourth-order valence-corrected chi connectivity index (χ4v) is 3.17. The average molecular weight is 431 g/mol. The summed E-state index contributed by atoms with van der Waals surface area (Å²) in [5, 5.41) is 8.61. The van der Waals surface area contributed by atoms with Crippen LogP contribution >= 0.6 is 0 Å². The fraction of sp³-hybridized carbons (Fsp3) is 0.667. The predicted molar refractivity (Wildman–Crippen MR) is 127 cm³/mol. The minimum Gasteiger partial charge on any atom is -0.392 e. The minimum absolute atomic E-state index is 0.240. The third kappa shape index (κ3) is 9.90. The van der Waals surface area contributed by atoms with Crippen LogP contribution < -0.4 is 0 Å². The molecule has 4 fully saturated rings. The van der Waals surface area contributed by atoms with Crippen molar-refractivity contribution in [2.45, 2.75) is 112 Å². The van der Waals surface area contributed by atoms with Crippen LogP contribution in [0.4, 0.5) is 0 Å². The van der Waals surface area contributed by atoms with Crippen molar-refractivity contribution in [2.75, 3.05) is 6.61 Å². The second-order valence-corrected chi connectivity index (χ2v) is 9.06. The Balaban J connectivity index is 0.000000211. The van der Waals surface area contributed by atoms with Crippen LogP contribution in [0.3, 0.4) is 0 Å². The number of hydrogen-bond acceptors (Lipinski definition) is 4. The van der Waals surface area contributed by atoms with E-state index in [0.29, 0.717) is 5.78 Å². The first kappa shape index (κ1) is 27.2. The Morgan fingerprint density at radius 1 is 0.613 bits per heavy atom. The molecule has 4 heteroatoms. The Labute approximate surface area is 188 Å². The van der Waals surface area contributed by atoms with Gasteiger partial charge in [-0.05, 0) is 116 Å². The van der Waals surface area contributed by atoms with Gasteiger partial charge in [0.15, 0.2) is 11.6 Å². The number of carbonyl (C=O) groups excluding carboxylic acids is 3. The van der Waals surface area contributed by atoms with Crippen LogP contribution in [-0.4, -0.2) is 29.1 Å². The minimum atomic E-state index is 0.240. The number of aliphatic hydroxyl groups is 1. The van der Waals surface area contributed by atoms with Crippen molar-refractivity contribution in [3.63, 3.8) is 0 Å². The number of allylic oxidation sites excluding steroid dienone is 5. The van der Waals surface area contributed by atoms with Gasteiger partial charge in [0.25, 0.3) is 0 Å². The van der Waals surface area contributed by atoms with Gasteiger partial charge in [-0.3, -0.25) is 14.4 Å². The van der Waals surface area contributed by atoms with Gasteiger partial charge in [-0.2, -0.15) is 0 Å². The van der Waals surface area contributed by atoms with E-state index in [1.807, 2.05) is 20.8 Å². The molecular formula is C27H42O4. The average Bonchev–Trinajstić information content (AvgIpc) is 2.56. The molecule has 0 unspecified atom stereocenters. The maximum atomic E-state index is 10.7. The van der Waals surface area contributed by atoms with E-state index in [9.17, 15) is 14.4 Å². The van der Waals surface area contributed by atoms with Crippen LogP contribution in [0.5, 0.6) is 0 Å². The van der Waals surface area contributed by atoms with Gasteiger partial charge in [0.05, 0.1) is 6.61 Å². The van der Waals surface area contributed by atoms with Crippen LogP contribution in [0.1, 0.15) is 112 Å². The molecule has 0 aromatic heterocycles. The van der Waals surface area contributed by atoms with Crippen molar-refractivity contribution < 1.29 is 19.5 Å². The summed E-state index contributed by atoms with van der Waals surface area (Å²) in [4.78, 5) is 31.3. The highest BCUT2D eigenvalue weighted by Crippen LogP contribution is 2.29. The van der Waals surface area contributed by atoms with Crippen molar-refractivity contribution in [1.29, 1.82) is 0 Å². The van der Waals surface area contributed by atoms with E-state index in [-0.39, 0.29) is 18.2 Å². The van der Waals surface area contributed by atoms with Crippen LogP contribution in [-0.2, 0) is 14.4 Å². The van der Waals surface area contributed by atoms with Crippen LogP contribution in [0.2, 0.25) is 0 Å². The Kier molecular flexibility index (Phi) is 12.5. The summed E-state index contributed by atoms with van der Waals surface area (Å²) >= 11 is 0. The summed E-state index contributed by atoms with van der Waals surface area (Å²) in [5.41, 5.74) is 7.43. The maximum absolute atomic E-state index is 10.7. The van der Waals surface area contributed by atoms with Gasteiger partial charge >= 0.3 is 0 Å². The topological polar surface area (TPSA) is 71.4 Å². The quantitative estimate of drug-likeness (QED) is 0.417. The van der Waals surface area contributed by atoms with Gasteiger partial charge in [0, 0.05) is 12.8 Å². The molecule has 4 rings (SSSR count). The summed E-state index contributed by atoms with van der Waals surface area (Å²) in [6.45, 7) is 9.40. The molecule has 0 aliphatic heterocycles. The zero-order valence-electron chi connectivity index (χ0n) is 20.4. The van der Waals surface area contributed by atoms with Gasteiger partial charge < -0.3 is 5.11 Å². The number of hydrogen-bond donors (Lipinski definition) is 1. The molecule has 0 amide bonds. The molecule has 1 N–H and O–H groups in total. The van der Waals surface area contributed by atoms with Crippen molar-refractivity contribution in [3.05, 3.63) is 33.4 Å². The Morgan fingerprint density at radius 3 is 0.968 bits per heavy atom. The van der Waals surface area contributed by atoms with Gasteiger partial charge in [-0.15, -0.1) is 0 Å². The molecule has 0 bridgehead atoms. The van der Waals surface area contributed by atoms with E-state index in [4.69, 9.17) is 5.11 Å². The zero-order valence-corrected chi connectivity index (χ0v) is 20.4. The van der Waals surface area contributed by atoms with Crippen LogP contribution in [0, 0.1) is 0 Å². The second kappa shape index (κ2) is 14.3. The van der Waals surface area contributed by atoms with E-state index >= 15 is 0 Å². The highest BCUT2D eigenvalue weighted by atomic mass is 16.3. The molecule has 0 spiro atoms. The lowest BCUT2D eigenvalue weighted by Crippen LogP contribution is -2.07. The number of aliphatic hydroxyl groups excluding tert-OH is 1. The van der Waals surface area contributed by atoms with Gasteiger partial charge in [0.1, 0.15) is 5.78 Å². The van der Waals surface area contributed by atoms with Gasteiger partial charge in [-0.25, -0.2) is 0 Å². The Morgan fingerprint density at radius 2 is 0.903 bits per heavy atom. The van der Waals surface area contributed by atoms with Crippen molar-refractivity contribution in [2.24, 2.45) is 0 Å². The SMILES string of the molecule is CC(=O)C(C)=C1CCC1.CC(=O)C(C)=C1CCC1.CC(CO)=C1CCC1.O=C1CCC1. The monoisotopic (exact) mass is 430 g/mol. The molecule has 0 radical (unpaired) electrons. The molecule has 4 aliphatic rings. The van der Waals surface area contributed by atoms with Gasteiger partial charge in [0.2, 0.25) is 0 Å². The first-order chi connectivity index (χ1) is 14.7. The zero-order chi connectivity index (χ0) is 23.4. The van der Waals surface area contributed by atoms with E-state index < -0.39 is 0 Å². The smallest absolute Gasteiger partial charge is 0.155 e. The maximum Gasteiger partial charge on any atom is 0.155 e. The number of ketones is 3. The van der Waals surface area contributed by atoms with Crippen molar-refractivity contribution in [1.82, 2.24) is 0 Å². The normalized spacial score (nSPS) is 18.0. The molecule has 4 nitrogen and oxygen atoms in total. The molecule has 4 saturated carbocycles. The molecule has 0 heterocycles. The Hall–Kier alpha value is -1.81. The molecule has 0 aromatic carbocycles. The molecule has 0 aromatic rings. The summed E-state index contributed by atoms with van der Waals surface area (Å²) in [7, 11) is 0. The summed E-state index contributed by atoms with van der Waals surface area (Å²) in [6.07, 6.45) is 13.8. The predicted octanol–water partition coefficient (Wildman–Crippen LogP) is 6.37. The molecule has 31 heavy (non-hydrogen) atoms. The van der Waals surface area contributed by atoms with Crippen LogP contribution in [0.25, 0.3) is 0 Å². The molecule has 4 aliphatic carbocycles. The molecular weight excluding hydrogens is 388 g/mol. The highest BCUT2D eigenvalue weighted by Gasteiger charge is 2.14. The summed E-state index contributed by atoms with van der Waals surface area (Å²) in [5.74, 6) is 0.916.